The lowest BCUT2D eigenvalue weighted by Gasteiger charge is -2.10. The van der Waals surface area contributed by atoms with Crippen LogP contribution in [0.15, 0.2) is 58.8 Å². The highest BCUT2D eigenvalue weighted by Gasteiger charge is 2.10. The second kappa shape index (κ2) is 15.1. The Labute approximate surface area is 215 Å². The molecule has 2 rings (SSSR count). The van der Waals surface area contributed by atoms with Crippen LogP contribution >= 0.6 is 42.5 Å². The predicted molar refractivity (Wildman–Crippen MR) is 139 cm³/mol. The third-order valence-electron chi connectivity index (χ3n) is 2.63. The maximum absolute atomic E-state index is 11.1. The second-order valence-corrected chi connectivity index (χ2v) is 12.4. The first-order valence-electron chi connectivity index (χ1n) is 8.57. The summed E-state index contributed by atoms with van der Waals surface area (Å²) < 4.78 is 55.2. The molecule has 0 fully saturated rings. The van der Waals surface area contributed by atoms with Gasteiger partial charge in [-0.3, -0.25) is 4.72 Å². The summed E-state index contributed by atoms with van der Waals surface area (Å²) in [6, 6.07) is 3.32. The van der Waals surface area contributed by atoms with Crippen molar-refractivity contribution in [2.45, 2.75) is 0 Å². The molecule has 2 heterocycles. The number of hydrogen-bond donors (Lipinski definition) is 2. The maximum Gasteiger partial charge on any atom is 0.238 e. The van der Waals surface area contributed by atoms with E-state index < -0.39 is 19.1 Å². The molecule has 0 amide bonds. The lowest BCUT2D eigenvalue weighted by Crippen LogP contribution is -2.11. The molecule has 0 saturated carbocycles. The zero-order valence-corrected chi connectivity index (χ0v) is 23.2. The molecule has 2 aromatic rings. The van der Waals surface area contributed by atoms with Crippen LogP contribution in [-0.2, 0) is 19.1 Å². The first-order chi connectivity index (χ1) is 15.2. The van der Waals surface area contributed by atoms with Gasteiger partial charge in [0.1, 0.15) is 18.9 Å². The van der Waals surface area contributed by atoms with Crippen molar-refractivity contribution in [3.05, 3.63) is 58.8 Å². The molecule has 3 N–H and O–H groups in total. The molecule has 0 aliphatic carbocycles. The number of hydrogen-bond acceptors (Lipinski definition) is 9. The molecule has 0 radical (unpaired) electrons. The van der Waals surface area contributed by atoms with E-state index in [1.807, 2.05) is 0 Å². The number of nitrogens with zero attached hydrogens (tertiary/aromatic N) is 2. The molecule has 2 aromatic heterocycles. The largest absolute Gasteiger partial charge is 0.472 e. The number of anilines is 2. The summed E-state index contributed by atoms with van der Waals surface area (Å²) in [4.78, 5) is 7.93. The van der Waals surface area contributed by atoms with Crippen LogP contribution in [0.4, 0.5) is 11.4 Å². The van der Waals surface area contributed by atoms with E-state index in [1.54, 1.807) is 30.5 Å². The monoisotopic (exact) mass is 648 g/mol. The average Bonchev–Trinajstić information content (AvgIpc) is 2.65. The maximum atomic E-state index is 11.1. The summed E-state index contributed by atoms with van der Waals surface area (Å²) in [7, 11) is -2.05. The molecule has 0 aliphatic rings. The van der Waals surface area contributed by atoms with Crippen LogP contribution in [0.25, 0.3) is 0 Å². The number of aromatic nitrogens is 2. The Kier molecular flexibility index (Phi) is 14.3. The summed E-state index contributed by atoms with van der Waals surface area (Å²) in [5, 5.41) is 0. The van der Waals surface area contributed by atoms with E-state index in [0.29, 0.717) is 28.3 Å². The number of halogens is 3. The van der Waals surface area contributed by atoms with E-state index >= 15 is 0 Å². The van der Waals surface area contributed by atoms with Crippen LogP contribution in [0, 0.1) is 0 Å². The highest BCUT2D eigenvalue weighted by Crippen LogP contribution is 2.26. The van der Waals surface area contributed by atoms with Gasteiger partial charge in [0.2, 0.25) is 30.8 Å². The van der Waals surface area contributed by atoms with Gasteiger partial charge in [-0.1, -0.05) is 25.3 Å². The zero-order valence-electron chi connectivity index (χ0n) is 17.7. The molecular weight excluding hydrogens is 628 g/mol. The van der Waals surface area contributed by atoms with E-state index in [9.17, 15) is 16.8 Å². The van der Waals surface area contributed by atoms with E-state index in [4.69, 9.17) is 15.2 Å². The Morgan fingerprint density at radius 1 is 1.00 bits per heavy atom. The smallest absolute Gasteiger partial charge is 0.238 e. The van der Waals surface area contributed by atoms with Gasteiger partial charge >= 0.3 is 0 Å². The van der Waals surface area contributed by atoms with Crippen molar-refractivity contribution in [2.24, 2.45) is 0 Å². The highest BCUT2D eigenvalue weighted by atomic mass is 79.9. The topological polar surface area (TPSA) is 151 Å². The molecule has 0 saturated heterocycles. The van der Waals surface area contributed by atoms with Crippen LogP contribution in [0.5, 0.6) is 11.8 Å². The van der Waals surface area contributed by atoms with Gasteiger partial charge in [-0.2, -0.15) is 0 Å². The van der Waals surface area contributed by atoms with Crippen molar-refractivity contribution in [2.75, 3.05) is 36.2 Å². The van der Waals surface area contributed by atoms with Crippen molar-refractivity contribution < 1.29 is 26.3 Å². The molecule has 184 valence electrons. The van der Waals surface area contributed by atoms with Gasteiger partial charge in [0, 0.05) is 32.0 Å². The van der Waals surface area contributed by atoms with Crippen molar-refractivity contribution in [1.29, 1.82) is 0 Å². The molecule has 0 atom stereocenters. The van der Waals surface area contributed by atoms with Crippen molar-refractivity contribution in [3.63, 3.8) is 0 Å². The van der Waals surface area contributed by atoms with Crippen LogP contribution in [0.1, 0.15) is 0 Å². The Bertz CT molecular complexity index is 1140. The molecule has 33 heavy (non-hydrogen) atoms. The number of nitrogens with one attached hydrogen (secondary N) is 1. The molecule has 0 spiro atoms. The molecule has 0 unspecified atom stereocenters. The van der Waals surface area contributed by atoms with Gasteiger partial charge in [0.25, 0.3) is 0 Å². The minimum atomic E-state index is -3.36. The van der Waals surface area contributed by atoms with Crippen LogP contribution in [0.2, 0.25) is 0 Å². The first kappa shape index (κ1) is 31.1. The Hall–Kier alpha value is -1.87. The molecule has 0 aliphatic heterocycles. The molecule has 0 aromatic carbocycles. The van der Waals surface area contributed by atoms with Crippen LogP contribution in [0.3, 0.4) is 0 Å². The summed E-state index contributed by atoms with van der Waals surface area (Å²) in [6.45, 7) is 7.69. The fraction of sp³-hybridized carbons (Fsp3) is 0.222. The lowest BCUT2D eigenvalue weighted by atomic mass is 10.4. The zero-order chi connectivity index (χ0) is 25.7. The van der Waals surface area contributed by atoms with E-state index in [2.05, 4.69) is 70.4 Å². The summed E-state index contributed by atoms with van der Waals surface area (Å²) >= 11 is 6.45. The molecule has 15 heteroatoms. The number of nitrogens with two attached hydrogens (primary N) is 1. The third kappa shape index (κ3) is 17.3. The standard InChI is InChI=1S/C9H11BrN2O3S.C8H9BrN2O.CH3ClO2S/c1-3-4-15-9-8(12-16(2,13)14)5-7(10)6-11-9;1-2-3-12-8-7(10)4-6(9)5-11-8;1-5(2,3)4/h3,5-6,12H,1,4H2,2H3;2,4-5H,1,3,10H2;1H3. The first-order valence-corrected chi connectivity index (χ1v) is 14.8. The second-order valence-electron chi connectivity index (χ2n) is 5.81. The van der Waals surface area contributed by atoms with Crippen molar-refractivity contribution in [1.82, 2.24) is 9.97 Å². The van der Waals surface area contributed by atoms with Gasteiger partial charge < -0.3 is 15.2 Å². The summed E-state index contributed by atoms with van der Waals surface area (Å²) in [6.07, 6.45) is 8.33. The van der Waals surface area contributed by atoms with Crippen LogP contribution < -0.4 is 19.9 Å². The molecule has 10 nitrogen and oxygen atoms in total. The third-order valence-corrected chi connectivity index (χ3v) is 4.09. The predicted octanol–water partition coefficient (Wildman–Crippen LogP) is 3.96. The summed E-state index contributed by atoms with van der Waals surface area (Å²) in [5.41, 5.74) is 6.42. The van der Waals surface area contributed by atoms with E-state index in [-0.39, 0.29) is 12.5 Å². The van der Waals surface area contributed by atoms with Gasteiger partial charge in [-0.15, -0.1) is 0 Å². The van der Waals surface area contributed by atoms with E-state index in [0.717, 1.165) is 17.0 Å². The van der Waals surface area contributed by atoms with Gasteiger partial charge in [0.05, 0.1) is 18.2 Å². The number of sulfonamides is 1. The SMILES string of the molecule is C=CCOc1ncc(Br)cc1N.C=CCOc1ncc(Br)cc1NS(C)(=O)=O.CS(=O)(=O)Cl. The molecular formula is C18H23Br2ClN4O6S2. The Morgan fingerprint density at radius 2 is 1.42 bits per heavy atom. The normalized spacial score (nSPS) is 10.5. The number of ether oxygens (including phenoxy) is 2. The minimum Gasteiger partial charge on any atom is -0.472 e. The van der Waals surface area contributed by atoms with Gasteiger partial charge in [-0.25, -0.2) is 26.8 Å². The quantitative estimate of drug-likeness (QED) is 0.320. The lowest BCUT2D eigenvalue weighted by molar-refractivity contribution is 0.350. The fourth-order valence-electron chi connectivity index (χ4n) is 1.65. The number of rotatable bonds is 8. The average molecular weight is 651 g/mol. The van der Waals surface area contributed by atoms with Crippen molar-refractivity contribution >= 4 is 73.0 Å². The molecule has 0 bridgehead atoms. The van der Waals surface area contributed by atoms with Gasteiger partial charge in [0.15, 0.2) is 0 Å². The number of nitrogen functional groups attached to an aromatic ring is 1. The summed E-state index contributed by atoms with van der Waals surface area (Å²) in [5.74, 6) is 0.659. The van der Waals surface area contributed by atoms with Crippen LogP contribution in [-0.4, -0.2) is 52.5 Å². The number of pyridine rings is 2. The van der Waals surface area contributed by atoms with Gasteiger partial charge in [-0.05, 0) is 44.0 Å². The highest BCUT2D eigenvalue weighted by molar-refractivity contribution is 9.10. The fourth-order valence-corrected chi connectivity index (χ4v) is 2.88. The Balaban J connectivity index is 0.000000530. The van der Waals surface area contributed by atoms with E-state index in [1.165, 1.54) is 6.20 Å². The minimum absolute atomic E-state index is 0.216. The Morgan fingerprint density at radius 3 is 1.85 bits per heavy atom. The van der Waals surface area contributed by atoms with Crippen molar-refractivity contribution in [3.8, 4) is 11.8 Å².